The number of nitrogens with two attached hydrogens (primary N) is 1. The molecule has 0 spiro atoms. The second-order valence-electron chi connectivity index (χ2n) is 2.23. The van der Waals surface area contributed by atoms with Crippen LogP contribution in [0.15, 0.2) is 17.0 Å². The number of halogens is 2. The van der Waals surface area contributed by atoms with Crippen LogP contribution in [0, 0.1) is 0 Å². The van der Waals surface area contributed by atoms with E-state index in [-0.39, 0.29) is 0 Å². The van der Waals surface area contributed by atoms with Gasteiger partial charge in [-0.05, 0) is 15.9 Å². The van der Waals surface area contributed by atoms with E-state index < -0.39 is 0 Å². The van der Waals surface area contributed by atoms with E-state index in [2.05, 4.69) is 25.9 Å². The summed E-state index contributed by atoms with van der Waals surface area (Å²) in [7, 11) is 0. The maximum absolute atomic E-state index is 5.71. The van der Waals surface area contributed by atoms with Gasteiger partial charge in [0.05, 0.1) is 6.20 Å². The number of nitrogens with zero attached hydrogens (tertiary/aromatic N) is 3. The predicted molar refractivity (Wildman–Crippen MR) is 50.1 cm³/mol. The van der Waals surface area contributed by atoms with Crippen molar-refractivity contribution in [3.63, 3.8) is 0 Å². The number of hydrogen-bond donors (Lipinski definition) is 1. The molecular formula is C6H4BrClN4. The van der Waals surface area contributed by atoms with Crippen molar-refractivity contribution in [3.8, 4) is 0 Å². The summed E-state index contributed by atoms with van der Waals surface area (Å²) < 4.78 is 2.26. The van der Waals surface area contributed by atoms with E-state index in [0.717, 1.165) is 0 Å². The number of aromatic nitrogens is 3. The largest absolute Gasteiger partial charge is 0.383 e. The van der Waals surface area contributed by atoms with Gasteiger partial charge in [0.1, 0.15) is 11.0 Å². The molecule has 0 atom stereocenters. The van der Waals surface area contributed by atoms with Crippen molar-refractivity contribution in [2.45, 2.75) is 0 Å². The van der Waals surface area contributed by atoms with Crippen LogP contribution in [0.1, 0.15) is 0 Å². The molecule has 0 amide bonds. The lowest BCUT2D eigenvalue weighted by Crippen LogP contribution is -1.94. The fraction of sp³-hybridized carbons (Fsp3) is 0. The maximum atomic E-state index is 5.71. The van der Waals surface area contributed by atoms with Crippen LogP contribution in [-0.2, 0) is 0 Å². The maximum Gasteiger partial charge on any atom is 0.171 e. The molecule has 2 rings (SSSR count). The zero-order chi connectivity index (χ0) is 8.72. The SMILES string of the molecule is Nc1cnc2c(Br)nc(Cl)cn12. The molecule has 6 heteroatoms. The molecule has 0 aliphatic carbocycles. The molecule has 0 radical (unpaired) electrons. The van der Waals surface area contributed by atoms with E-state index in [1.807, 2.05) is 0 Å². The van der Waals surface area contributed by atoms with Gasteiger partial charge in [0.25, 0.3) is 0 Å². The Hall–Kier alpha value is -0.810. The first-order valence-electron chi connectivity index (χ1n) is 3.13. The van der Waals surface area contributed by atoms with Gasteiger partial charge in [0, 0.05) is 6.20 Å². The highest BCUT2D eigenvalue weighted by Gasteiger charge is 2.05. The van der Waals surface area contributed by atoms with E-state index >= 15 is 0 Å². The molecule has 0 saturated heterocycles. The Kier molecular flexibility index (Phi) is 1.69. The molecule has 0 bridgehead atoms. The number of anilines is 1. The quantitative estimate of drug-likeness (QED) is 0.771. The van der Waals surface area contributed by atoms with Crippen LogP contribution in [0.2, 0.25) is 5.15 Å². The Morgan fingerprint density at radius 2 is 2.33 bits per heavy atom. The van der Waals surface area contributed by atoms with E-state index in [0.29, 0.717) is 21.2 Å². The molecule has 0 saturated carbocycles. The molecule has 2 heterocycles. The van der Waals surface area contributed by atoms with Crippen molar-refractivity contribution in [1.29, 1.82) is 0 Å². The molecule has 2 aromatic rings. The molecule has 2 N–H and O–H groups in total. The first kappa shape index (κ1) is 7.82. The molecule has 12 heavy (non-hydrogen) atoms. The highest BCUT2D eigenvalue weighted by molar-refractivity contribution is 9.10. The van der Waals surface area contributed by atoms with Crippen molar-refractivity contribution in [2.24, 2.45) is 0 Å². The molecule has 4 nitrogen and oxygen atoms in total. The molecule has 2 aromatic heterocycles. The minimum atomic E-state index is 0.374. The Balaban J connectivity index is 2.92. The third-order valence-corrected chi connectivity index (χ3v) is 2.16. The predicted octanol–water partition coefficient (Wildman–Crippen LogP) is 1.73. The average Bonchev–Trinajstić information content (AvgIpc) is 2.33. The fourth-order valence-corrected chi connectivity index (χ4v) is 1.71. The van der Waals surface area contributed by atoms with Gasteiger partial charge >= 0.3 is 0 Å². The molecule has 0 aliphatic rings. The van der Waals surface area contributed by atoms with Gasteiger partial charge in [-0.15, -0.1) is 0 Å². The van der Waals surface area contributed by atoms with Crippen LogP contribution >= 0.6 is 27.5 Å². The first-order chi connectivity index (χ1) is 5.68. The lowest BCUT2D eigenvalue weighted by molar-refractivity contribution is 1.11. The van der Waals surface area contributed by atoms with Crippen LogP contribution in [0.5, 0.6) is 0 Å². The van der Waals surface area contributed by atoms with Gasteiger partial charge in [-0.3, -0.25) is 4.40 Å². The van der Waals surface area contributed by atoms with E-state index in [4.69, 9.17) is 17.3 Å². The van der Waals surface area contributed by atoms with Crippen molar-refractivity contribution in [1.82, 2.24) is 14.4 Å². The van der Waals surface area contributed by atoms with Crippen molar-refractivity contribution in [2.75, 3.05) is 5.73 Å². The van der Waals surface area contributed by atoms with E-state index in [9.17, 15) is 0 Å². The van der Waals surface area contributed by atoms with Crippen molar-refractivity contribution >= 4 is 39.0 Å². The summed E-state index contributed by atoms with van der Waals surface area (Å²) in [6.45, 7) is 0. The van der Waals surface area contributed by atoms with Crippen LogP contribution in [-0.4, -0.2) is 14.4 Å². The topological polar surface area (TPSA) is 56.2 Å². The number of hydrogen-bond acceptors (Lipinski definition) is 3. The summed E-state index contributed by atoms with van der Waals surface area (Å²) in [5.41, 5.74) is 6.27. The Labute approximate surface area is 81.5 Å². The highest BCUT2D eigenvalue weighted by atomic mass is 79.9. The van der Waals surface area contributed by atoms with Crippen LogP contribution in [0.3, 0.4) is 0 Å². The Bertz CT molecular complexity index is 438. The van der Waals surface area contributed by atoms with Gasteiger partial charge in [0.2, 0.25) is 0 Å². The minimum absolute atomic E-state index is 0.374. The minimum Gasteiger partial charge on any atom is -0.383 e. The van der Waals surface area contributed by atoms with E-state index in [1.54, 1.807) is 16.8 Å². The van der Waals surface area contributed by atoms with Gasteiger partial charge in [-0.1, -0.05) is 11.6 Å². The molecule has 0 unspecified atom stereocenters. The zero-order valence-corrected chi connectivity index (χ0v) is 8.17. The molecular weight excluding hydrogens is 243 g/mol. The van der Waals surface area contributed by atoms with Crippen LogP contribution in [0.4, 0.5) is 5.82 Å². The van der Waals surface area contributed by atoms with Crippen molar-refractivity contribution in [3.05, 3.63) is 22.1 Å². The highest BCUT2D eigenvalue weighted by Crippen LogP contribution is 2.19. The summed E-state index contributed by atoms with van der Waals surface area (Å²) in [4.78, 5) is 7.99. The van der Waals surface area contributed by atoms with Crippen molar-refractivity contribution < 1.29 is 0 Å². The lowest BCUT2D eigenvalue weighted by Gasteiger charge is -1.97. The lowest BCUT2D eigenvalue weighted by atomic mass is 10.7. The first-order valence-corrected chi connectivity index (χ1v) is 4.30. The fourth-order valence-electron chi connectivity index (χ4n) is 0.941. The number of rotatable bonds is 0. The second-order valence-corrected chi connectivity index (χ2v) is 3.37. The summed E-state index contributed by atoms with van der Waals surface area (Å²) in [6, 6.07) is 0. The number of imidazole rings is 1. The van der Waals surface area contributed by atoms with Gasteiger partial charge < -0.3 is 5.73 Å². The molecule has 0 fully saturated rings. The van der Waals surface area contributed by atoms with Gasteiger partial charge in [-0.25, -0.2) is 9.97 Å². The van der Waals surface area contributed by atoms with E-state index in [1.165, 1.54) is 0 Å². The van der Waals surface area contributed by atoms with Gasteiger partial charge in [-0.2, -0.15) is 0 Å². The third kappa shape index (κ3) is 1.05. The number of fused-ring (bicyclic) bond motifs is 1. The number of nitrogen functional groups attached to an aromatic ring is 1. The molecule has 62 valence electrons. The zero-order valence-electron chi connectivity index (χ0n) is 5.83. The third-order valence-electron chi connectivity index (χ3n) is 1.45. The van der Waals surface area contributed by atoms with Crippen LogP contribution in [0.25, 0.3) is 5.65 Å². The summed E-state index contributed by atoms with van der Waals surface area (Å²) in [6.07, 6.45) is 3.17. The summed E-state index contributed by atoms with van der Waals surface area (Å²) >= 11 is 8.93. The second kappa shape index (κ2) is 2.60. The summed E-state index contributed by atoms with van der Waals surface area (Å²) in [5.74, 6) is 0.537. The standard InChI is InChI=1S/C6H4BrClN4/c7-5-6-10-1-4(9)12(6)2-3(8)11-5/h1-2H,9H2. The summed E-state index contributed by atoms with van der Waals surface area (Å²) in [5, 5.41) is 0.374. The normalized spacial score (nSPS) is 10.8. The Morgan fingerprint density at radius 1 is 1.58 bits per heavy atom. The van der Waals surface area contributed by atoms with Gasteiger partial charge in [0.15, 0.2) is 10.3 Å². The average molecular weight is 247 g/mol. The smallest absolute Gasteiger partial charge is 0.171 e. The molecule has 0 aliphatic heterocycles. The monoisotopic (exact) mass is 246 g/mol. The van der Waals surface area contributed by atoms with Crippen LogP contribution < -0.4 is 5.73 Å². The molecule has 0 aromatic carbocycles. The Morgan fingerprint density at radius 3 is 3.08 bits per heavy atom.